The number of aromatic amines is 1. The minimum Gasteiger partial charge on any atom is -0.329 e. The van der Waals surface area contributed by atoms with Gasteiger partial charge < -0.3 is 10.3 Å². The van der Waals surface area contributed by atoms with Crippen LogP contribution in [0.25, 0.3) is 11.0 Å². The average molecular weight is 298 g/mol. The SMILES string of the molecule is O=C1CC(c2ccc[nH]c2=O)c2c(ccc3nsnc23)N1. The van der Waals surface area contributed by atoms with E-state index < -0.39 is 0 Å². The van der Waals surface area contributed by atoms with Crippen molar-refractivity contribution in [2.45, 2.75) is 12.3 Å². The first kappa shape index (κ1) is 12.2. The van der Waals surface area contributed by atoms with Crippen molar-refractivity contribution in [1.82, 2.24) is 13.7 Å². The maximum absolute atomic E-state index is 12.1. The van der Waals surface area contributed by atoms with E-state index in [1.165, 1.54) is 0 Å². The van der Waals surface area contributed by atoms with Crippen LogP contribution in [-0.4, -0.2) is 19.6 Å². The molecule has 104 valence electrons. The maximum Gasteiger partial charge on any atom is 0.251 e. The Morgan fingerprint density at radius 2 is 2.10 bits per heavy atom. The quantitative estimate of drug-likeness (QED) is 0.717. The van der Waals surface area contributed by atoms with Crippen molar-refractivity contribution in [3.63, 3.8) is 0 Å². The van der Waals surface area contributed by atoms with Crippen molar-refractivity contribution in [1.29, 1.82) is 0 Å². The second-order valence-corrected chi connectivity index (χ2v) is 5.45. The van der Waals surface area contributed by atoms with Crippen molar-refractivity contribution < 1.29 is 4.79 Å². The molecule has 3 aromatic rings. The van der Waals surface area contributed by atoms with Crippen LogP contribution in [0.4, 0.5) is 5.69 Å². The highest BCUT2D eigenvalue weighted by molar-refractivity contribution is 7.00. The van der Waals surface area contributed by atoms with Gasteiger partial charge in [0.2, 0.25) is 5.91 Å². The van der Waals surface area contributed by atoms with Gasteiger partial charge in [-0.05, 0) is 18.2 Å². The number of benzene rings is 1. The molecule has 6 nitrogen and oxygen atoms in total. The Morgan fingerprint density at radius 3 is 2.95 bits per heavy atom. The van der Waals surface area contributed by atoms with Gasteiger partial charge in [0.05, 0.1) is 11.7 Å². The number of nitrogens with zero attached hydrogens (tertiary/aromatic N) is 2. The molecule has 1 unspecified atom stereocenters. The minimum atomic E-state index is -0.300. The van der Waals surface area contributed by atoms with E-state index in [0.717, 1.165) is 28.3 Å². The monoisotopic (exact) mass is 298 g/mol. The molecular weight excluding hydrogens is 288 g/mol. The molecule has 3 heterocycles. The molecule has 0 aliphatic carbocycles. The number of carbonyl (C=O) groups excluding carboxylic acids is 1. The van der Waals surface area contributed by atoms with Crippen molar-refractivity contribution in [2.24, 2.45) is 0 Å². The second kappa shape index (κ2) is 4.49. The highest BCUT2D eigenvalue weighted by atomic mass is 32.1. The van der Waals surface area contributed by atoms with Crippen LogP contribution in [-0.2, 0) is 4.79 Å². The number of anilines is 1. The zero-order valence-electron chi connectivity index (χ0n) is 10.8. The van der Waals surface area contributed by atoms with Crippen LogP contribution in [0.1, 0.15) is 23.5 Å². The van der Waals surface area contributed by atoms with Gasteiger partial charge in [-0.25, -0.2) is 0 Å². The Labute approximate surface area is 123 Å². The molecule has 0 spiro atoms. The predicted octanol–water partition coefficient (Wildman–Crippen LogP) is 1.85. The molecule has 0 fully saturated rings. The van der Waals surface area contributed by atoms with E-state index in [2.05, 4.69) is 19.0 Å². The van der Waals surface area contributed by atoms with Crippen LogP contribution in [0, 0.1) is 0 Å². The minimum absolute atomic E-state index is 0.0988. The van der Waals surface area contributed by atoms with Gasteiger partial charge >= 0.3 is 0 Å². The molecule has 7 heteroatoms. The summed E-state index contributed by atoms with van der Waals surface area (Å²) in [6, 6.07) is 7.17. The highest BCUT2D eigenvalue weighted by Gasteiger charge is 2.30. The van der Waals surface area contributed by atoms with Crippen molar-refractivity contribution >= 4 is 34.4 Å². The molecule has 21 heavy (non-hydrogen) atoms. The first-order chi connectivity index (χ1) is 10.2. The van der Waals surface area contributed by atoms with Gasteiger partial charge in [-0.15, -0.1) is 0 Å². The van der Waals surface area contributed by atoms with E-state index in [1.807, 2.05) is 12.1 Å². The fourth-order valence-corrected chi connectivity index (χ4v) is 3.35. The number of pyridine rings is 1. The lowest BCUT2D eigenvalue weighted by Gasteiger charge is -2.25. The van der Waals surface area contributed by atoms with Gasteiger partial charge in [0.15, 0.2) is 0 Å². The van der Waals surface area contributed by atoms with Gasteiger partial charge in [-0.3, -0.25) is 9.59 Å². The van der Waals surface area contributed by atoms with Crippen LogP contribution in [0.5, 0.6) is 0 Å². The molecule has 0 radical (unpaired) electrons. The standard InChI is InChI=1S/C14H10N4O2S/c19-11-6-8(7-2-1-5-15-14(7)20)12-9(16-11)3-4-10-13(12)18-21-17-10/h1-5,8H,6H2,(H,15,20)(H,16,19). The fourth-order valence-electron chi connectivity index (χ4n) is 2.80. The smallest absolute Gasteiger partial charge is 0.251 e. The Bertz CT molecular complexity index is 914. The van der Waals surface area contributed by atoms with E-state index >= 15 is 0 Å². The number of aromatic nitrogens is 3. The Hall–Kier alpha value is -2.54. The van der Waals surface area contributed by atoms with Crippen LogP contribution >= 0.6 is 11.7 Å². The third-order valence-electron chi connectivity index (χ3n) is 3.70. The molecule has 1 amide bonds. The van der Waals surface area contributed by atoms with E-state index in [0.29, 0.717) is 11.3 Å². The van der Waals surface area contributed by atoms with Crippen LogP contribution in [0.2, 0.25) is 0 Å². The normalized spacial score (nSPS) is 17.5. The Morgan fingerprint density at radius 1 is 1.19 bits per heavy atom. The summed E-state index contributed by atoms with van der Waals surface area (Å²) in [6.07, 6.45) is 1.82. The molecule has 0 bridgehead atoms. The molecule has 0 saturated heterocycles. The Kier molecular flexibility index (Phi) is 2.61. The number of nitrogens with one attached hydrogen (secondary N) is 2. The van der Waals surface area contributed by atoms with Crippen LogP contribution < -0.4 is 10.9 Å². The summed E-state index contributed by atoms with van der Waals surface area (Å²) in [7, 11) is 0. The third kappa shape index (κ3) is 1.85. The van der Waals surface area contributed by atoms with E-state index in [-0.39, 0.29) is 23.8 Å². The lowest BCUT2D eigenvalue weighted by molar-refractivity contribution is -0.116. The lowest BCUT2D eigenvalue weighted by atomic mass is 9.84. The first-order valence-electron chi connectivity index (χ1n) is 6.46. The van der Waals surface area contributed by atoms with Gasteiger partial charge in [0, 0.05) is 35.3 Å². The van der Waals surface area contributed by atoms with Gasteiger partial charge in [-0.1, -0.05) is 6.07 Å². The fraction of sp³-hybridized carbons (Fsp3) is 0.143. The summed E-state index contributed by atoms with van der Waals surface area (Å²) in [5.74, 6) is -0.399. The summed E-state index contributed by atoms with van der Waals surface area (Å²) in [5, 5.41) is 2.85. The van der Waals surface area contributed by atoms with Gasteiger partial charge in [-0.2, -0.15) is 8.75 Å². The third-order valence-corrected chi connectivity index (χ3v) is 4.25. The van der Waals surface area contributed by atoms with Gasteiger partial charge in [0.1, 0.15) is 11.0 Å². The molecule has 0 saturated carbocycles. The number of fused-ring (bicyclic) bond motifs is 3. The number of amides is 1. The van der Waals surface area contributed by atoms with Crippen molar-refractivity contribution in [3.05, 3.63) is 51.9 Å². The van der Waals surface area contributed by atoms with Gasteiger partial charge in [0.25, 0.3) is 5.56 Å². The van der Waals surface area contributed by atoms with Crippen molar-refractivity contribution in [2.75, 3.05) is 5.32 Å². The summed E-state index contributed by atoms with van der Waals surface area (Å²) in [4.78, 5) is 26.7. The molecule has 2 aromatic heterocycles. The molecule has 2 N–H and O–H groups in total. The number of rotatable bonds is 1. The highest BCUT2D eigenvalue weighted by Crippen LogP contribution is 2.39. The first-order valence-corrected chi connectivity index (χ1v) is 7.19. The van der Waals surface area contributed by atoms with E-state index in [4.69, 9.17) is 0 Å². The average Bonchev–Trinajstić information content (AvgIpc) is 2.95. The molecule has 4 rings (SSSR count). The molecule has 1 aromatic carbocycles. The van der Waals surface area contributed by atoms with Crippen LogP contribution in [0.15, 0.2) is 35.3 Å². The predicted molar refractivity (Wildman–Crippen MR) is 79.6 cm³/mol. The molecule has 1 aliphatic heterocycles. The number of carbonyl (C=O) groups is 1. The number of hydrogen-bond acceptors (Lipinski definition) is 5. The summed E-state index contributed by atoms with van der Waals surface area (Å²) >= 11 is 1.13. The van der Waals surface area contributed by atoms with E-state index in [9.17, 15) is 9.59 Å². The largest absolute Gasteiger partial charge is 0.329 e. The zero-order chi connectivity index (χ0) is 14.4. The van der Waals surface area contributed by atoms with Crippen LogP contribution in [0.3, 0.4) is 0 Å². The second-order valence-electron chi connectivity index (χ2n) is 4.92. The lowest BCUT2D eigenvalue weighted by Crippen LogP contribution is -2.27. The molecular formula is C14H10N4O2S. The summed E-state index contributed by atoms with van der Waals surface area (Å²) in [6.45, 7) is 0. The summed E-state index contributed by atoms with van der Waals surface area (Å²) in [5.41, 5.74) is 3.52. The number of hydrogen-bond donors (Lipinski definition) is 2. The van der Waals surface area contributed by atoms with E-state index in [1.54, 1.807) is 18.3 Å². The Balaban J connectivity index is 2.02. The summed E-state index contributed by atoms with van der Waals surface area (Å²) < 4.78 is 8.56. The molecule has 1 aliphatic rings. The topological polar surface area (TPSA) is 87.7 Å². The zero-order valence-corrected chi connectivity index (χ0v) is 11.6. The maximum atomic E-state index is 12.1. The number of H-pyrrole nitrogens is 1. The van der Waals surface area contributed by atoms with Crippen molar-refractivity contribution in [3.8, 4) is 0 Å². The molecule has 1 atom stereocenters.